The van der Waals surface area contributed by atoms with E-state index in [9.17, 15) is 9.18 Å². The molecule has 2 saturated carbocycles. The SMILES string of the molecule is NC[C@H]1CC[C@H](SCc2nc3cc(NC4CCCC4)cc(F)c3c(=O)[nH]2)CC1. The quantitative estimate of drug-likeness (QED) is 0.673. The van der Waals surface area contributed by atoms with Crippen LogP contribution in [0, 0.1) is 11.7 Å². The molecule has 0 amide bonds. The van der Waals surface area contributed by atoms with Gasteiger partial charge in [-0.05, 0) is 63.1 Å². The van der Waals surface area contributed by atoms with Crippen LogP contribution >= 0.6 is 11.8 Å². The van der Waals surface area contributed by atoms with E-state index < -0.39 is 11.4 Å². The van der Waals surface area contributed by atoms with E-state index in [1.165, 1.54) is 31.7 Å². The third kappa shape index (κ3) is 4.51. The first kappa shape index (κ1) is 19.7. The summed E-state index contributed by atoms with van der Waals surface area (Å²) in [5, 5.41) is 4.03. The predicted molar refractivity (Wildman–Crippen MR) is 114 cm³/mol. The highest BCUT2D eigenvalue weighted by atomic mass is 32.2. The molecule has 0 saturated heterocycles. The van der Waals surface area contributed by atoms with Gasteiger partial charge in [-0.15, -0.1) is 0 Å². The van der Waals surface area contributed by atoms with Gasteiger partial charge in [0.1, 0.15) is 17.0 Å². The van der Waals surface area contributed by atoms with Crippen LogP contribution in [0.1, 0.15) is 57.2 Å². The zero-order valence-electron chi connectivity index (χ0n) is 16.2. The van der Waals surface area contributed by atoms with Crippen LogP contribution in [0.3, 0.4) is 0 Å². The maximum atomic E-state index is 14.5. The number of nitrogens with two attached hydrogens (primary N) is 1. The average Bonchev–Trinajstić information content (AvgIpc) is 3.19. The minimum absolute atomic E-state index is 0.0502. The lowest BCUT2D eigenvalue weighted by Gasteiger charge is -2.27. The molecule has 152 valence electrons. The lowest BCUT2D eigenvalue weighted by molar-refractivity contribution is 0.373. The fraction of sp³-hybridized carbons (Fsp3) is 0.619. The molecule has 1 aromatic carbocycles. The maximum absolute atomic E-state index is 14.5. The van der Waals surface area contributed by atoms with E-state index in [-0.39, 0.29) is 5.39 Å². The topological polar surface area (TPSA) is 83.8 Å². The second kappa shape index (κ2) is 8.82. The molecule has 2 aliphatic rings. The van der Waals surface area contributed by atoms with Gasteiger partial charge in [0, 0.05) is 17.0 Å². The van der Waals surface area contributed by atoms with Crippen molar-refractivity contribution in [3.8, 4) is 0 Å². The van der Waals surface area contributed by atoms with Crippen LogP contribution in [0.15, 0.2) is 16.9 Å². The number of aromatic amines is 1. The first-order chi connectivity index (χ1) is 13.6. The first-order valence-electron chi connectivity index (χ1n) is 10.4. The van der Waals surface area contributed by atoms with Crippen molar-refractivity contribution in [3.05, 3.63) is 34.1 Å². The molecule has 2 fully saturated rings. The van der Waals surface area contributed by atoms with E-state index in [1.807, 2.05) is 17.8 Å². The number of aromatic nitrogens is 2. The minimum Gasteiger partial charge on any atom is -0.382 e. The molecule has 0 radical (unpaired) electrons. The van der Waals surface area contributed by atoms with Crippen LogP contribution in [0.25, 0.3) is 10.9 Å². The highest BCUT2D eigenvalue weighted by Gasteiger charge is 2.21. The Morgan fingerprint density at radius 2 is 1.93 bits per heavy atom. The average molecular weight is 405 g/mol. The number of nitrogens with one attached hydrogen (secondary N) is 2. The van der Waals surface area contributed by atoms with Gasteiger partial charge in [0.2, 0.25) is 0 Å². The molecule has 4 rings (SSSR count). The fourth-order valence-corrected chi connectivity index (χ4v) is 5.60. The zero-order chi connectivity index (χ0) is 19.5. The van der Waals surface area contributed by atoms with Crippen molar-refractivity contribution in [1.82, 2.24) is 9.97 Å². The zero-order valence-corrected chi connectivity index (χ0v) is 17.0. The van der Waals surface area contributed by atoms with Crippen LogP contribution < -0.4 is 16.6 Å². The highest BCUT2D eigenvalue weighted by molar-refractivity contribution is 7.99. The third-order valence-corrected chi connectivity index (χ3v) is 7.50. The van der Waals surface area contributed by atoms with Gasteiger partial charge in [0.25, 0.3) is 5.56 Å². The van der Waals surface area contributed by atoms with Crippen LogP contribution in [0.4, 0.5) is 10.1 Å². The third-order valence-electron chi connectivity index (χ3n) is 6.12. The van der Waals surface area contributed by atoms with Crippen molar-refractivity contribution in [2.45, 2.75) is 68.4 Å². The van der Waals surface area contributed by atoms with Gasteiger partial charge < -0.3 is 16.0 Å². The van der Waals surface area contributed by atoms with Gasteiger partial charge >= 0.3 is 0 Å². The summed E-state index contributed by atoms with van der Waals surface area (Å²) in [4.78, 5) is 19.8. The number of hydrogen-bond acceptors (Lipinski definition) is 5. The number of H-pyrrole nitrogens is 1. The number of anilines is 1. The standard InChI is InChI=1S/C21H29FN4OS/c22-17-9-15(24-14-3-1-2-4-14)10-18-20(17)21(27)26-19(25-18)12-28-16-7-5-13(11-23)6-8-16/h9-10,13-14,16,24H,1-8,11-12,23H2,(H,25,26,27)/t13-,16-. The Bertz CT molecular complexity index is 873. The highest BCUT2D eigenvalue weighted by Crippen LogP contribution is 2.33. The summed E-state index contributed by atoms with van der Waals surface area (Å²) in [5.41, 5.74) is 6.53. The number of benzene rings is 1. The molecule has 0 unspecified atom stereocenters. The van der Waals surface area contributed by atoms with Crippen molar-refractivity contribution in [2.24, 2.45) is 11.7 Å². The summed E-state index contributed by atoms with van der Waals surface area (Å²) >= 11 is 1.83. The number of nitrogens with zero attached hydrogens (tertiary/aromatic N) is 1. The minimum atomic E-state index is -0.508. The molecule has 5 nitrogen and oxygen atoms in total. The van der Waals surface area contributed by atoms with Gasteiger partial charge in [0.05, 0.1) is 11.3 Å². The van der Waals surface area contributed by atoms with Crippen LogP contribution in [0.5, 0.6) is 0 Å². The van der Waals surface area contributed by atoms with Gasteiger partial charge in [0.15, 0.2) is 0 Å². The van der Waals surface area contributed by atoms with Crippen molar-refractivity contribution >= 4 is 28.4 Å². The molecule has 2 aromatic rings. The van der Waals surface area contributed by atoms with Crippen molar-refractivity contribution in [1.29, 1.82) is 0 Å². The first-order valence-corrected chi connectivity index (χ1v) is 11.5. The molecule has 0 atom stereocenters. The number of rotatable bonds is 6. The molecule has 1 aromatic heterocycles. The predicted octanol–water partition coefficient (Wildman–Crippen LogP) is 4.17. The largest absolute Gasteiger partial charge is 0.382 e. The number of halogens is 1. The lowest BCUT2D eigenvalue weighted by Crippen LogP contribution is -2.22. The molecule has 1 heterocycles. The second-order valence-corrected chi connectivity index (χ2v) is 9.47. The van der Waals surface area contributed by atoms with E-state index in [4.69, 9.17) is 5.73 Å². The summed E-state index contributed by atoms with van der Waals surface area (Å²) in [7, 11) is 0. The molecule has 0 aliphatic heterocycles. The molecular weight excluding hydrogens is 375 g/mol. The number of fused-ring (bicyclic) bond motifs is 1. The summed E-state index contributed by atoms with van der Waals surface area (Å²) in [6, 6.07) is 3.62. The van der Waals surface area contributed by atoms with E-state index in [1.54, 1.807) is 0 Å². The Morgan fingerprint density at radius 1 is 1.18 bits per heavy atom. The van der Waals surface area contributed by atoms with Gasteiger partial charge in [-0.25, -0.2) is 9.37 Å². The van der Waals surface area contributed by atoms with E-state index >= 15 is 0 Å². The molecule has 0 spiro atoms. The molecule has 0 bridgehead atoms. The molecule has 7 heteroatoms. The van der Waals surface area contributed by atoms with Crippen molar-refractivity contribution < 1.29 is 4.39 Å². The van der Waals surface area contributed by atoms with Crippen molar-refractivity contribution in [2.75, 3.05) is 11.9 Å². The van der Waals surface area contributed by atoms with Crippen LogP contribution in [0.2, 0.25) is 0 Å². The smallest absolute Gasteiger partial charge is 0.261 e. The van der Waals surface area contributed by atoms with E-state index in [0.29, 0.717) is 40.0 Å². The number of hydrogen-bond donors (Lipinski definition) is 3. The van der Waals surface area contributed by atoms with Gasteiger partial charge in [-0.2, -0.15) is 11.8 Å². The van der Waals surface area contributed by atoms with Crippen LogP contribution in [-0.2, 0) is 5.75 Å². The monoisotopic (exact) mass is 404 g/mol. The molecule has 4 N–H and O–H groups in total. The molecule has 2 aliphatic carbocycles. The summed E-state index contributed by atoms with van der Waals surface area (Å²) in [6.07, 6.45) is 9.31. The van der Waals surface area contributed by atoms with Gasteiger partial charge in [-0.3, -0.25) is 4.79 Å². The summed E-state index contributed by atoms with van der Waals surface area (Å²) < 4.78 is 14.5. The number of thioether (sulfide) groups is 1. The van der Waals surface area contributed by atoms with Crippen molar-refractivity contribution in [3.63, 3.8) is 0 Å². The lowest BCUT2D eigenvalue weighted by atomic mass is 9.89. The maximum Gasteiger partial charge on any atom is 0.261 e. The second-order valence-electron chi connectivity index (χ2n) is 8.18. The normalized spacial score (nSPS) is 23.4. The van der Waals surface area contributed by atoms with Gasteiger partial charge in [-0.1, -0.05) is 12.8 Å². The Hall–Kier alpha value is -1.60. The summed E-state index contributed by atoms with van der Waals surface area (Å²) in [6.45, 7) is 0.778. The molecule has 28 heavy (non-hydrogen) atoms. The summed E-state index contributed by atoms with van der Waals surface area (Å²) in [5.74, 6) is 1.42. The van der Waals surface area contributed by atoms with E-state index in [2.05, 4.69) is 15.3 Å². The van der Waals surface area contributed by atoms with E-state index in [0.717, 1.165) is 32.2 Å². The molecular formula is C21H29FN4OS. The Kier molecular flexibility index (Phi) is 6.21. The Labute approximate surface area is 169 Å². The fourth-order valence-electron chi connectivity index (χ4n) is 4.46. The Balaban J connectivity index is 1.48. The Morgan fingerprint density at radius 3 is 2.64 bits per heavy atom. The van der Waals surface area contributed by atoms with Crippen LogP contribution in [-0.4, -0.2) is 27.8 Å².